The summed E-state index contributed by atoms with van der Waals surface area (Å²) < 4.78 is 4.69. The van der Waals surface area contributed by atoms with Gasteiger partial charge in [-0.1, -0.05) is 94.8 Å². The Morgan fingerprint density at radius 2 is 1.68 bits per heavy atom. The highest BCUT2D eigenvalue weighted by Crippen LogP contribution is 2.28. The first-order valence-corrected chi connectivity index (χ1v) is 13.3. The maximum absolute atomic E-state index is 13.7. The Bertz CT molecular complexity index is 1590. The van der Waals surface area contributed by atoms with Gasteiger partial charge in [-0.15, -0.1) is 0 Å². The van der Waals surface area contributed by atoms with Crippen LogP contribution in [-0.4, -0.2) is 14.1 Å². The minimum absolute atomic E-state index is 0.159. The zero-order valence-corrected chi connectivity index (χ0v) is 21.6. The molecule has 5 rings (SSSR count). The number of fused-ring (bicyclic) bond motifs is 1. The van der Waals surface area contributed by atoms with Crippen molar-refractivity contribution in [3.8, 4) is 5.69 Å². The molecule has 0 fully saturated rings. The summed E-state index contributed by atoms with van der Waals surface area (Å²) in [5.74, 6) is 0.624. The Hall–Kier alpha value is -2.42. The number of hydrogen-bond donors (Lipinski definition) is 0. The molecule has 0 saturated carbocycles. The van der Waals surface area contributed by atoms with Crippen LogP contribution in [-0.2, 0) is 12.3 Å². The molecule has 0 saturated heterocycles. The average Bonchev–Trinajstić information content (AvgIpc) is 3.15. The van der Waals surface area contributed by atoms with Gasteiger partial charge < -0.3 is 4.57 Å². The molecule has 170 valence electrons. The van der Waals surface area contributed by atoms with Gasteiger partial charge in [0.25, 0.3) is 5.56 Å². The highest BCUT2D eigenvalue weighted by Gasteiger charge is 2.19. The van der Waals surface area contributed by atoms with Gasteiger partial charge >= 0.3 is 0 Å². The van der Waals surface area contributed by atoms with Crippen LogP contribution in [0.2, 0.25) is 10.0 Å². The topological polar surface area (TPSA) is 39.8 Å². The first kappa shape index (κ1) is 23.3. The van der Waals surface area contributed by atoms with E-state index in [-0.39, 0.29) is 5.56 Å². The summed E-state index contributed by atoms with van der Waals surface area (Å²) in [5, 5.41) is 1.80. The summed E-state index contributed by atoms with van der Waals surface area (Å²) in [6.45, 7) is 0.550. The van der Waals surface area contributed by atoms with Crippen LogP contribution in [0.4, 0.5) is 0 Å². The molecule has 2 aromatic heterocycles. The Balaban J connectivity index is 1.66. The highest BCUT2D eigenvalue weighted by molar-refractivity contribution is 7.98. The summed E-state index contributed by atoms with van der Waals surface area (Å²) in [6, 6.07) is 24.9. The highest BCUT2D eigenvalue weighted by atomic mass is 35.5. The van der Waals surface area contributed by atoms with Gasteiger partial charge in [0.2, 0.25) is 0 Å². The molecule has 0 unspecified atom stereocenters. The van der Waals surface area contributed by atoms with Crippen molar-refractivity contribution in [1.82, 2.24) is 14.1 Å². The number of hydrogen-bond acceptors (Lipinski definition) is 5. The van der Waals surface area contributed by atoms with Crippen LogP contribution in [0, 0.1) is 3.95 Å². The molecule has 0 N–H and O–H groups in total. The number of nitrogens with zero attached hydrogens (tertiary/aromatic N) is 3. The van der Waals surface area contributed by atoms with E-state index in [0.29, 0.717) is 47.5 Å². The summed E-state index contributed by atoms with van der Waals surface area (Å²) in [4.78, 5) is 18.7. The molecule has 0 amide bonds. The maximum Gasteiger partial charge on any atom is 0.278 e. The van der Waals surface area contributed by atoms with Crippen molar-refractivity contribution in [2.45, 2.75) is 17.5 Å². The Kier molecular flexibility index (Phi) is 6.90. The largest absolute Gasteiger partial charge is 0.303 e. The Morgan fingerprint density at radius 3 is 2.41 bits per heavy atom. The van der Waals surface area contributed by atoms with Crippen LogP contribution in [0.15, 0.2) is 88.8 Å². The van der Waals surface area contributed by atoms with Crippen LogP contribution in [0.25, 0.3) is 16.0 Å². The molecule has 0 aliphatic rings. The second-order valence-corrected chi connectivity index (χ2v) is 11.0. The smallest absolute Gasteiger partial charge is 0.278 e. The molecule has 0 bridgehead atoms. The van der Waals surface area contributed by atoms with Gasteiger partial charge in [0.15, 0.2) is 14.8 Å². The summed E-state index contributed by atoms with van der Waals surface area (Å²) in [6.07, 6.45) is 0. The van der Waals surface area contributed by atoms with Gasteiger partial charge in [0.05, 0.1) is 12.2 Å². The van der Waals surface area contributed by atoms with E-state index in [2.05, 4.69) is 0 Å². The van der Waals surface area contributed by atoms with Crippen molar-refractivity contribution >= 4 is 68.9 Å². The van der Waals surface area contributed by atoms with Crippen molar-refractivity contribution in [3.05, 3.63) is 114 Å². The standard InChI is InChI=1S/C25H17Cl2N3OS3/c26-18-11-9-17(10-12-18)15-33-24-28-22-21(23(31)30(24)20-8-4-7-19(27)13-20)34-25(32)29(22)14-16-5-2-1-3-6-16/h1-13H,14-15H2. The molecule has 5 aromatic rings. The SMILES string of the molecule is O=c1c2sc(=S)n(Cc3ccccc3)c2nc(SCc2ccc(Cl)cc2)n1-c1cccc(Cl)c1. The normalized spacial score (nSPS) is 11.2. The van der Waals surface area contributed by atoms with E-state index in [9.17, 15) is 4.79 Å². The molecule has 2 heterocycles. The summed E-state index contributed by atoms with van der Waals surface area (Å²) in [5.41, 5.74) is 3.27. The lowest BCUT2D eigenvalue weighted by Gasteiger charge is -2.13. The molecule has 0 atom stereocenters. The molecular formula is C25H17Cl2N3OS3. The second-order valence-electron chi connectivity index (χ2n) is 7.52. The van der Waals surface area contributed by atoms with E-state index < -0.39 is 0 Å². The van der Waals surface area contributed by atoms with Crippen molar-refractivity contribution in [2.75, 3.05) is 0 Å². The molecule has 0 radical (unpaired) electrons. The summed E-state index contributed by atoms with van der Waals surface area (Å²) >= 11 is 20.7. The number of aromatic nitrogens is 3. The van der Waals surface area contributed by atoms with Crippen molar-refractivity contribution < 1.29 is 0 Å². The summed E-state index contributed by atoms with van der Waals surface area (Å²) in [7, 11) is 0. The first-order valence-electron chi connectivity index (χ1n) is 10.3. The second kappa shape index (κ2) is 10.1. The van der Waals surface area contributed by atoms with Gasteiger partial charge in [-0.2, -0.15) is 0 Å². The molecular weight excluding hydrogens is 525 g/mol. The number of benzene rings is 3. The van der Waals surface area contributed by atoms with Crippen LogP contribution in [0.5, 0.6) is 0 Å². The van der Waals surface area contributed by atoms with Gasteiger partial charge in [-0.05, 0) is 53.7 Å². The zero-order valence-electron chi connectivity index (χ0n) is 17.7. The van der Waals surface area contributed by atoms with E-state index in [1.807, 2.05) is 71.3 Å². The van der Waals surface area contributed by atoms with Crippen LogP contribution in [0.3, 0.4) is 0 Å². The fraction of sp³-hybridized carbons (Fsp3) is 0.0800. The van der Waals surface area contributed by atoms with E-state index in [1.54, 1.807) is 16.7 Å². The van der Waals surface area contributed by atoms with Gasteiger partial charge in [0.1, 0.15) is 4.70 Å². The lowest BCUT2D eigenvalue weighted by molar-refractivity contribution is 0.773. The van der Waals surface area contributed by atoms with E-state index in [1.165, 1.54) is 23.1 Å². The van der Waals surface area contributed by atoms with Crippen LogP contribution in [0.1, 0.15) is 11.1 Å². The van der Waals surface area contributed by atoms with E-state index in [0.717, 1.165) is 11.1 Å². The number of thioether (sulfide) groups is 1. The van der Waals surface area contributed by atoms with Crippen molar-refractivity contribution in [2.24, 2.45) is 0 Å². The van der Waals surface area contributed by atoms with Crippen molar-refractivity contribution in [1.29, 1.82) is 0 Å². The lowest BCUT2D eigenvalue weighted by Crippen LogP contribution is -2.21. The fourth-order valence-electron chi connectivity index (χ4n) is 3.55. The molecule has 0 spiro atoms. The third-order valence-electron chi connectivity index (χ3n) is 5.19. The monoisotopic (exact) mass is 541 g/mol. The van der Waals surface area contributed by atoms with Crippen LogP contribution < -0.4 is 5.56 Å². The quantitative estimate of drug-likeness (QED) is 0.126. The number of thiazole rings is 1. The third-order valence-corrected chi connectivity index (χ3v) is 8.11. The zero-order chi connectivity index (χ0) is 23.7. The van der Waals surface area contributed by atoms with Gasteiger partial charge in [0, 0.05) is 15.8 Å². The van der Waals surface area contributed by atoms with E-state index in [4.69, 9.17) is 40.4 Å². The predicted molar refractivity (Wildman–Crippen MR) is 146 cm³/mol. The van der Waals surface area contributed by atoms with E-state index >= 15 is 0 Å². The first-order chi connectivity index (χ1) is 16.5. The number of rotatable bonds is 6. The molecule has 9 heteroatoms. The van der Waals surface area contributed by atoms with Gasteiger partial charge in [-0.3, -0.25) is 9.36 Å². The fourth-order valence-corrected chi connectivity index (χ4v) is 6.08. The molecule has 0 aliphatic carbocycles. The average molecular weight is 543 g/mol. The third kappa shape index (κ3) is 4.85. The van der Waals surface area contributed by atoms with Crippen LogP contribution >= 0.6 is 58.5 Å². The molecule has 3 aromatic carbocycles. The predicted octanol–water partition coefficient (Wildman–Crippen LogP) is 7.63. The minimum Gasteiger partial charge on any atom is -0.303 e. The lowest BCUT2D eigenvalue weighted by atomic mass is 10.2. The van der Waals surface area contributed by atoms with Crippen molar-refractivity contribution in [3.63, 3.8) is 0 Å². The Morgan fingerprint density at radius 1 is 0.912 bits per heavy atom. The molecule has 4 nitrogen and oxygen atoms in total. The minimum atomic E-state index is -0.159. The molecule has 34 heavy (non-hydrogen) atoms. The maximum atomic E-state index is 13.7. The Labute approximate surface area is 219 Å². The number of halogens is 2. The molecule has 0 aliphatic heterocycles. The van der Waals surface area contributed by atoms with Gasteiger partial charge in [-0.25, -0.2) is 4.98 Å².